The third-order valence-electron chi connectivity index (χ3n) is 3.80. The van der Waals surface area contributed by atoms with Crippen LogP contribution in [0.1, 0.15) is 23.2 Å². The molecule has 0 spiro atoms. The molecule has 1 aromatic carbocycles. The van der Waals surface area contributed by atoms with E-state index < -0.39 is 0 Å². The molecule has 0 aliphatic rings. The second-order valence-electron chi connectivity index (χ2n) is 5.88. The van der Waals surface area contributed by atoms with E-state index in [-0.39, 0.29) is 5.78 Å². The Kier molecular flexibility index (Phi) is 4.53. The smallest absolute Gasteiger partial charge is 0.163 e. The zero-order valence-electron chi connectivity index (χ0n) is 13.5. The van der Waals surface area contributed by atoms with Crippen LogP contribution in [0.15, 0.2) is 53.1 Å². The number of furan rings is 1. The van der Waals surface area contributed by atoms with Crippen LogP contribution < -0.4 is 0 Å². The maximum absolute atomic E-state index is 12.7. The summed E-state index contributed by atoms with van der Waals surface area (Å²) in [7, 11) is 4.03. The number of carbonyl (C=O) groups is 1. The first-order valence-electron chi connectivity index (χ1n) is 7.77. The molecular weight excluding hydrogens is 288 g/mol. The van der Waals surface area contributed by atoms with Crippen LogP contribution >= 0.6 is 0 Å². The molecule has 4 heteroatoms. The van der Waals surface area contributed by atoms with Gasteiger partial charge in [0.2, 0.25) is 0 Å². The third-order valence-corrected chi connectivity index (χ3v) is 3.80. The molecule has 2 heterocycles. The zero-order chi connectivity index (χ0) is 16.2. The molecule has 4 nitrogen and oxygen atoms in total. The van der Waals surface area contributed by atoms with Crippen molar-refractivity contribution in [3.8, 4) is 11.5 Å². The van der Waals surface area contributed by atoms with Crippen LogP contribution in [0.2, 0.25) is 0 Å². The van der Waals surface area contributed by atoms with E-state index in [4.69, 9.17) is 4.42 Å². The second kappa shape index (κ2) is 6.75. The maximum Gasteiger partial charge on any atom is 0.163 e. The van der Waals surface area contributed by atoms with E-state index in [1.165, 1.54) is 0 Å². The Morgan fingerprint density at radius 3 is 2.74 bits per heavy atom. The lowest BCUT2D eigenvalue weighted by molar-refractivity contribution is 0.0979. The maximum atomic E-state index is 12.7. The summed E-state index contributed by atoms with van der Waals surface area (Å²) in [5.41, 5.74) is 2.24. The minimum Gasteiger partial charge on any atom is -0.463 e. The molecule has 2 aromatic heterocycles. The monoisotopic (exact) mass is 308 g/mol. The Morgan fingerprint density at radius 2 is 2.00 bits per heavy atom. The Hall–Kier alpha value is -2.46. The topological polar surface area (TPSA) is 46.3 Å². The number of rotatable bonds is 6. The molecule has 0 unspecified atom stereocenters. The first kappa shape index (κ1) is 15.4. The van der Waals surface area contributed by atoms with Gasteiger partial charge in [-0.3, -0.25) is 4.79 Å². The summed E-state index contributed by atoms with van der Waals surface area (Å²) in [4.78, 5) is 19.4. The number of pyridine rings is 1. The lowest BCUT2D eigenvalue weighted by atomic mass is 10.0. The van der Waals surface area contributed by atoms with Gasteiger partial charge in [-0.1, -0.05) is 18.2 Å². The van der Waals surface area contributed by atoms with Crippen LogP contribution in [0, 0.1) is 0 Å². The second-order valence-corrected chi connectivity index (χ2v) is 5.88. The predicted octanol–water partition coefficient (Wildman–Crippen LogP) is 4.02. The van der Waals surface area contributed by atoms with Crippen molar-refractivity contribution >= 4 is 16.7 Å². The standard InChI is InChI=1S/C19H20N2O2/c1-21(2)11-5-9-18(22)15-13-17(19-10-6-12-23-19)20-16-8-4-3-7-14(15)16/h3-4,6-8,10,12-13H,5,9,11H2,1-2H3. The molecule has 0 aliphatic carbocycles. The fraction of sp³-hybridized carbons (Fsp3) is 0.263. The Bertz CT molecular complexity index is 807. The zero-order valence-corrected chi connectivity index (χ0v) is 13.5. The predicted molar refractivity (Wildman–Crippen MR) is 91.6 cm³/mol. The summed E-state index contributed by atoms with van der Waals surface area (Å²) >= 11 is 0. The van der Waals surface area contributed by atoms with E-state index in [2.05, 4.69) is 9.88 Å². The third kappa shape index (κ3) is 3.48. The molecule has 0 atom stereocenters. The molecular formula is C19H20N2O2. The number of para-hydroxylation sites is 1. The number of aromatic nitrogens is 1. The molecule has 3 aromatic rings. The molecule has 0 aliphatic heterocycles. The van der Waals surface area contributed by atoms with E-state index in [9.17, 15) is 4.79 Å². The summed E-state index contributed by atoms with van der Waals surface area (Å²) in [6, 6.07) is 13.3. The Morgan fingerprint density at radius 1 is 1.17 bits per heavy atom. The van der Waals surface area contributed by atoms with Crippen LogP contribution in [0.25, 0.3) is 22.4 Å². The number of nitrogens with zero attached hydrogens (tertiary/aromatic N) is 2. The van der Waals surface area contributed by atoms with Gasteiger partial charge in [-0.05, 0) is 51.3 Å². The molecule has 0 fully saturated rings. The van der Waals surface area contributed by atoms with Crippen molar-refractivity contribution in [3.05, 3.63) is 54.3 Å². The fourth-order valence-corrected chi connectivity index (χ4v) is 2.65. The van der Waals surface area contributed by atoms with Gasteiger partial charge in [-0.15, -0.1) is 0 Å². The summed E-state index contributed by atoms with van der Waals surface area (Å²) < 4.78 is 5.44. The fourth-order valence-electron chi connectivity index (χ4n) is 2.65. The van der Waals surface area contributed by atoms with Crippen molar-refractivity contribution in [1.82, 2.24) is 9.88 Å². The summed E-state index contributed by atoms with van der Waals surface area (Å²) in [6.07, 6.45) is 2.99. The molecule has 0 saturated carbocycles. The first-order chi connectivity index (χ1) is 11.1. The number of ketones is 1. The Labute approximate surface area is 135 Å². The summed E-state index contributed by atoms with van der Waals surface area (Å²) in [6.45, 7) is 0.903. The number of hydrogen-bond acceptors (Lipinski definition) is 4. The van der Waals surface area contributed by atoms with E-state index >= 15 is 0 Å². The molecule has 118 valence electrons. The highest BCUT2D eigenvalue weighted by Crippen LogP contribution is 2.26. The highest BCUT2D eigenvalue weighted by atomic mass is 16.3. The van der Waals surface area contributed by atoms with Gasteiger partial charge in [0.25, 0.3) is 0 Å². The van der Waals surface area contributed by atoms with Crippen LogP contribution in [-0.2, 0) is 0 Å². The van der Waals surface area contributed by atoms with Gasteiger partial charge in [0.05, 0.1) is 11.8 Å². The molecule has 0 saturated heterocycles. The molecule has 23 heavy (non-hydrogen) atoms. The van der Waals surface area contributed by atoms with Crippen molar-refractivity contribution in [2.75, 3.05) is 20.6 Å². The van der Waals surface area contributed by atoms with Crippen molar-refractivity contribution < 1.29 is 9.21 Å². The molecule has 0 radical (unpaired) electrons. The van der Waals surface area contributed by atoms with Crippen LogP contribution in [-0.4, -0.2) is 36.3 Å². The molecule has 3 rings (SSSR count). The van der Waals surface area contributed by atoms with Gasteiger partial charge in [-0.25, -0.2) is 4.98 Å². The normalized spacial score (nSPS) is 11.3. The van der Waals surface area contributed by atoms with Crippen LogP contribution in [0.3, 0.4) is 0 Å². The van der Waals surface area contributed by atoms with Gasteiger partial charge in [0.1, 0.15) is 5.69 Å². The quantitative estimate of drug-likeness (QED) is 0.645. The summed E-state index contributed by atoms with van der Waals surface area (Å²) in [5.74, 6) is 0.830. The van der Waals surface area contributed by atoms with Gasteiger partial charge in [0.15, 0.2) is 11.5 Å². The van der Waals surface area contributed by atoms with Crippen molar-refractivity contribution in [2.45, 2.75) is 12.8 Å². The number of hydrogen-bond donors (Lipinski definition) is 0. The molecule has 0 N–H and O–H groups in total. The van der Waals surface area contributed by atoms with Gasteiger partial charge >= 0.3 is 0 Å². The molecule has 0 bridgehead atoms. The number of fused-ring (bicyclic) bond motifs is 1. The average Bonchev–Trinajstić information content (AvgIpc) is 3.07. The lowest BCUT2D eigenvalue weighted by Gasteiger charge is -2.10. The van der Waals surface area contributed by atoms with Crippen LogP contribution in [0.5, 0.6) is 0 Å². The highest BCUT2D eigenvalue weighted by Gasteiger charge is 2.14. The van der Waals surface area contributed by atoms with E-state index in [0.29, 0.717) is 17.9 Å². The highest BCUT2D eigenvalue weighted by molar-refractivity contribution is 6.08. The van der Waals surface area contributed by atoms with Crippen LogP contribution in [0.4, 0.5) is 0 Å². The van der Waals surface area contributed by atoms with E-state index in [1.807, 2.05) is 56.6 Å². The lowest BCUT2D eigenvalue weighted by Crippen LogP contribution is -2.14. The Balaban J connectivity index is 1.98. The number of benzene rings is 1. The average molecular weight is 308 g/mol. The van der Waals surface area contributed by atoms with Gasteiger partial charge in [-0.2, -0.15) is 0 Å². The largest absolute Gasteiger partial charge is 0.463 e. The van der Waals surface area contributed by atoms with Crippen molar-refractivity contribution in [3.63, 3.8) is 0 Å². The van der Waals surface area contributed by atoms with E-state index in [0.717, 1.165) is 29.4 Å². The first-order valence-corrected chi connectivity index (χ1v) is 7.77. The van der Waals surface area contributed by atoms with Gasteiger partial charge < -0.3 is 9.32 Å². The van der Waals surface area contributed by atoms with Crippen molar-refractivity contribution in [1.29, 1.82) is 0 Å². The SMILES string of the molecule is CN(C)CCCC(=O)c1cc(-c2ccco2)nc2ccccc12. The minimum atomic E-state index is 0.151. The number of carbonyl (C=O) groups excluding carboxylic acids is 1. The minimum absolute atomic E-state index is 0.151. The summed E-state index contributed by atoms with van der Waals surface area (Å²) in [5, 5.41) is 0.901. The number of Topliss-reactive ketones (excluding diaryl/α,β-unsaturated/α-hetero) is 1. The molecule has 0 amide bonds. The van der Waals surface area contributed by atoms with Crippen molar-refractivity contribution in [2.24, 2.45) is 0 Å². The van der Waals surface area contributed by atoms with Gasteiger partial charge in [0, 0.05) is 17.4 Å². The van der Waals surface area contributed by atoms with E-state index in [1.54, 1.807) is 6.26 Å².